The highest BCUT2D eigenvalue weighted by Crippen LogP contribution is 2.31. The molecule has 1 atom stereocenters. The molecule has 0 amide bonds. The Labute approximate surface area is 166 Å². The van der Waals surface area contributed by atoms with Crippen molar-refractivity contribution in [2.45, 2.75) is 25.6 Å². The Morgan fingerprint density at radius 3 is 2.72 bits per heavy atom. The van der Waals surface area contributed by atoms with Crippen molar-refractivity contribution in [2.24, 2.45) is 5.92 Å². The first-order valence-corrected chi connectivity index (χ1v) is 9.54. The van der Waals surface area contributed by atoms with E-state index >= 15 is 0 Å². The Kier molecular flexibility index (Phi) is 5.32. The zero-order chi connectivity index (χ0) is 20.4. The molecule has 7 heteroatoms. The number of aromatic nitrogens is 2. The monoisotopic (exact) mass is 399 g/mol. The molecule has 0 bridgehead atoms. The summed E-state index contributed by atoms with van der Waals surface area (Å²) >= 11 is 0. The third-order valence-corrected chi connectivity index (χ3v) is 5.33. The van der Waals surface area contributed by atoms with Crippen LogP contribution in [0.1, 0.15) is 34.3 Å². The summed E-state index contributed by atoms with van der Waals surface area (Å²) in [5.41, 5.74) is 2.02. The number of nitrogens with zero attached hydrogens (tertiary/aromatic N) is 3. The Morgan fingerprint density at radius 1 is 1.10 bits per heavy atom. The maximum absolute atomic E-state index is 13.0. The molecule has 150 valence electrons. The van der Waals surface area contributed by atoms with Crippen LogP contribution in [0.25, 0.3) is 11.0 Å². The van der Waals surface area contributed by atoms with E-state index in [4.69, 9.17) is 0 Å². The first-order chi connectivity index (χ1) is 13.9. The predicted octanol–water partition coefficient (Wildman–Crippen LogP) is 4.74. The second kappa shape index (κ2) is 7.91. The molecule has 1 unspecified atom stereocenters. The van der Waals surface area contributed by atoms with E-state index in [0.717, 1.165) is 41.7 Å². The second-order valence-electron chi connectivity index (χ2n) is 7.36. The van der Waals surface area contributed by atoms with Crippen LogP contribution in [-0.4, -0.2) is 33.7 Å². The molecular formula is C22H20F3N3O. The van der Waals surface area contributed by atoms with Crippen LogP contribution in [0.3, 0.4) is 0 Å². The van der Waals surface area contributed by atoms with Gasteiger partial charge in [0, 0.05) is 37.0 Å². The number of rotatable bonds is 4. The van der Waals surface area contributed by atoms with Crippen molar-refractivity contribution >= 4 is 16.8 Å². The maximum atomic E-state index is 13.0. The standard InChI is InChI=1S/C22H20F3N3O/c23-22(24,25)18-7-1-4-15(12-18)21(29)17-6-3-11-28(14-17)13-16-5-2-8-19-20(16)27-10-9-26-19/h1-2,4-5,7-10,12,17H,3,6,11,13-14H2. The number of benzene rings is 2. The Hall–Kier alpha value is -2.80. The van der Waals surface area contributed by atoms with Gasteiger partial charge in [0.2, 0.25) is 0 Å². The van der Waals surface area contributed by atoms with Gasteiger partial charge in [-0.3, -0.25) is 19.7 Å². The molecule has 2 aromatic carbocycles. The van der Waals surface area contributed by atoms with Crippen LogP contribution in [0.15, 0.2) is 54.9 Å². The number of Topliss-reactive ketones (excluding diaryl/α,β-unsaturated/α-hetero) is 1. The average molecular weight is 399 g/mol. The van der Waals surface area contributed by atoms with Crippen molar-refractivity contribution in [1.29, 1.82) is 0 Å². The van der Waals surface area contributed by atoms with Crippen LogP contribution in [0.5, 0.6) is 0 Å². The molecule has 0 radical (unpaired) electrons. The van der Waals surface area contributed by atoms with E-state index in [1.165, 1.54) is 12.1 Å². The largest absolute Gasteiger partial charge is 0.416 e. The van der Waals surface area contributed by atoms with Gasteiger partial charge in [-0.2, -0.15) is 13.2 Å². The summed E-state index contributed by atoms with van der Waals surface area (Å²) < 4.78 is 38.9. The van der Waals surface area contributed by atoms with E-state index in [1.54, 1.807) is 12.4 Å². The van der Waals surface area contributed by atoms with Gasteiger partial charge in [-0.1, -0.05) is 24.3 Å². The van der Waals surface area contributed by atoms with Crippen LogP contribution in [-0.2, 0) is 12.7 Å². The highest BCUT2D eigenvalue weighted by Gasteiger charge is 2.32. The molecule has 1 fully saturated rings. The topological polar surface area (TPSA) is 46.1 Å². The SMILES string of the molecule is O=C(c1cccc(C(F)(F)F)c1)C1CCCN(Cc2cccc3nccnc23)C1. The number of fused-ring (bicyclic) bond motifs is 1. The molecule has 2 heterocycles. The average Bonchev–Trinajstić information content (AvgIpc) is 2.73. The van der Waals surface area contributed by atoms with E-state index < -0.39 is 11.7 Å². The summed E-state index contributed by atoms with van der Waals surface area (Å²) in [6.07, 6.45) is 0.357. The summed E-state index contributed by atoms with van der Waals surface area (Å²) in [5, 5.41) is 0. The van der Waals surface area contributed by atoms with Gasteiger partial charge in [-0.25, -0.2) is 0 Å². The number of hydrogen-bond donors (Lipinski definition) is 0. The van der Waals surface area contributed by atoms with Crippen LogP contribution in [0, 0.1) is 5.92 Å². The smallest absolute Gasteiger partial charge is 0.298 e. The fourth-order valence-corrected chi connectivity index (χ4v) is 3.92. The van der Waals surface area contributed by atoms with Crippen molar-refractivity contribution in [2.75, 3.05) is 13.1 Å². The molecule has 3 aromatic rings. The quantitative estimate of drug-likeness (QED) is 0.595. The molecule has 1 saturated heterocycles. The summed E-state index contributed by atoms with van der Waals surface area (Å²) in [6, 6.07) is 10.5. The van der Waals surface area contributed by atoms with Gasteiger partial charge in [0.05, 0.1) is 16.6 Å². The molecule has 1 aromatic heterocycles. The minimum Gasteiger partial charge on any atom is -0.298 e. The highest BCUT2D eigenvalue weighted by atomic mass is 19.4. The third kappa shape index (κ3) is 4.29. The summed E-state index contributed by atoms with van der Waals surface area (Å²) in [7, 11) is 0. The van der Waals surface area contributed by atoms with E-state index in [0.29, 0.717) is 19.5 Å². The second-order valence-corrected chi connectivity index (χ2v) is 7.36. The van der Waals surface area contributed by atoms with Gasteiger partial charge in [-0.05, 0) is 43.1 Å². The van der Waals surface area contributed by atoms with Crippen molar-refractivity contribution in [3.8, 4) is 0 Å². The highest BCUT2D eigenvalue weighted by molar-refractivity contribution is 5.98. The molecule has 0 saturated carbocycles. The maximum Gasteiger partial charge on any atom is 0.416 e. The Morgan fingerprint density at radius 2 is 1.90 bits per heavy atom. The van der Waals surface area contributed by atoms with E-state index in [9.17, 15) is 18.0 Å². The molecule has 0 spiro atoms. The minimum atomic E-state index is -4.45. The van der Waals surface area contributed by atoms with Crippen LogP contribution < -0.4 is 0 Å². The summed E-state index contributed by atoms with van der Waals surface area (Å²) in [6.45, 7) is 1.98. The van der Waals surface area contributed by atoms with Gasteiger partial charge in [-0.15, -0.1) is 0 Å². The number of likely N-dealkylation sites (tertiary alicyclic amines) is 1. The lowest BCUT2D eigenvalue weighted by molar-refractivity contribution is -0.137. The Bertz CT molecular complexity index is 1030. The number of carbonyl (C=O) groups excluding carboxylic acids is 1. The number of hydrogen-bond acceptors (Lipinski definition) is 4. The fraction of sp³-hybridized carbons (Fsp3) is 0.318. The first-order valence-electron chi connectivity index (χ1n) is 9.54. The van der Waals surface area contributed by atoms with Gasteiger partial charge in [0.15, 0.2) is 5.78 Å². The molecule has 4 nitrogen and oxygen atoms in total. The summed E-state index contributed by atoms with van der Waals surface area (Å²) in [4.78, 5) is 23.8. The number of halogens is 3. The molecule has 1 aliphatic heterocycles. The zero-order valence-corrected chi connectivity index (χ0v) is 15.7. The normalized spacial score (nSPS) is 18.1. The minimum absolute atomic E-state index is 0.128. The Balaban J connectivity index is 1.50. The number of carbonyl (C=O) groups is 1. The number of alkyl halides is 3. The van der Waals surface area contributed by atoms with Gasteiger partial charge < -0.3 is 0 Å². The molecule has 0 N–H and O–H groups in total. The van der Waals surface area contributed by atoms with Crippen LogP contribution in [0.2, 0.25) is 0 Å². The molecular weight excluding hydrogens is 379 g/mol. The number of piperidine rings is 1. The van der Waals surface area contributed by atoms with Gasteiger partial charge >= 0.3 is 6.18 Å². The predicted molar refractivity (Wildman–Crippen MR) is 103 cm³/mol. The van der Waals surface area contributed by atoms with E-state index in [-0.39, 0.29) is 17.3 Å². The van der Waals surface area contributed by atoms with E-state index in [2.05, 4.69) is 14.9 Å². The lowest BCUT2D eigenvalue weighted by atomic mass is 9.89. The van der Waals surface area contributed by atoms with Crippen molar-refractivity contribution < 1.29 is 18.0 Å². The third-order valence-electron chi connectivity index (χ3n) is 5.33. The van der Waals surface area contributed by atoms with Crippen molar-refractivity contribution in [3.63, 3.8) is 0 Å². The number of ketones is 1. The van der Waals surface area contributed by atoms with Crippen molar-refractivity contribution in [3.05, 3.63) is 71.5 Å². The lowest BCUT2D eigenvalue weighted by Crippen LogP contribution is -2.38. The molecule has 1 aliphatic rings. The van der Waals surface area contributed by atoms with Gasteiger partial charge in [0.25, 0.3) is 0 Å². The molecule has 4 rings (SSSR count). The summed E-state index contributed by atoms with van der Waals surface area (Å²) in [5.74, 6) is -0.535. The van der Waals surface area contributed by atoms with Crippen LogP contribution >= 0.6 is 0 Å². The van der Waals surface area contributed by atoms with Crippen LogP contribution in [0.4, 0.5) is 13.2 Å². The first kappa shape index (κ1) is 19.5. The van der Waals surface area contributed by atoms with Gasteiger partial charge in [0.1, 0.15) is 0 Å². The van der Waals surface area contributed by atoms with E-state index in [1.807, 2.05) is 18.2 Å². The molecule has 29 heavy (non-hydrogen) atoms. The molecule has 0 aliphatic carbocycles. The van der Waals surface area contributed by atoms with Crippen molar-refractivity contribution in [1.82, 2.24) is 14.9 Å². The zero-order valence-electron chi connectivity index (χ0n) is 15.7. The number of para-hydroxylation sites is 1. The fourth-order valence-electron chi connectivity index (χ4n) is 3.92. The lowest BCUT2D eigenvalue weighted by Gasteiger charge is -2.32.